The highest BCUT2D eigenvalue weighted by atomic mass is 32.2. The largest absolute Gasteiger partial charge is 0.218 e. The molecule has 124 valence electrons. The summed E-state index contributed by atoms with van der Waals surface area (Å²) in [5.74, 6) is 0. The monoisotopic (exact) mass is 365 g/mol. The zero-order valence-corrected chi connectivity index (χ0v) is 15.1. The Morgan fingerprint density at radius 1 is 1.00 bits per heavy atom. The third kappa shape index (κ3) is 3.71. The molecule has 0 fully saturated rings. The van der Waals surface area contributed by atoms with Gasteiger partial charge in [0.05, 0.1) is 4.90 Å². The zero-order valence-electron chi connectivity index (χ0n) is 13.5. The average molecular weight is 365 g/mol. The Morgan fingerprint density at radius 2 is 1.68 bits per heavy atom. The van der Waals surface area contributed by atoms with E-state index in [0.717, 1.165) is 20.9 Å². The number of nitrogens with zero attached hydrogens (tertiary/aromatic N) is 1. The minimum absolute atomic E-state index is 0.130. The quantitative estimate of drug-likeness (QED) is 0.607. The van der Waals surface area contributed by atoms with Crippen molar-refractivity contribution in [3.05, 3.63) is 82.1 Å². The summed E-state index contributed by atoms with van der Waals surface area (Å²) in [5, 5.41) is 9.37. The molecule has 0 amide bonds. The molecule has 0 spiro atoms. The Balaban J connectivity index is 1.97. The SMILES string of the molecule is Cc1ccc(S(=O)(=O)/C(C#N)=C/c2ccc(-c3ccccc3)s2)cc1. The van der Waals surface area contributed by atoms with Gasteiger partial charge in [0.1, 0.15) is 6.07 Å². The number of sulfone groups is 1. The van der Waals surface area contributed by atoms with Gasteiger partial charge < -0.3 is 0 Å². The van der Waals surface area contributed by atoms with Crippen molar-refractivity contribution in [2.24, 2.45) is 0 Å². The van der Waals surface area contributed by atoms with E-state index >= 15 is 0 Å². The maximum absolute atomic E-state index is 12.7. The highest BCUT2D eigenvalue weighted by Gasteiger charge is 2.21. The summed E-state index contributed by atoms with van der Waals surface area (Å²) in [7, 11) is -3.81. The summed E-state index contributed by atoms with van der Waals surface area (Å²) in [5.41, 5.74) is 2.03. The number of hydrogen-bond donors (Lipinski definition) is 0. The van der Waals surface area contributed by atoms with E-state index in [1.165, 1.54) is 29.5 Å². The van der Waals surface area contributed by atoms with Crippen molar-refractivity contribution < 1.29 is 8.42 Å². The van der Waals surface area contributed by atoms with Gasteiger partial charge in [-0.25, -0.2) is 8.42 Å². The fraction of sp³-hybridized carbons (Fsp3) is 0.0500. The van der Waals surface area contributed by atoms with E-state index < -0.39 is 9.84 Å². The Morgan fingerprint density at radius 3 is 2.32 bits per heavy atom. The molecule has 3 aromatic rings. The van der Waals surface area contributed by atoms with Gasteiger partial charge in [-0.15, -0.1) is 11.3 Å². The van der Waals surface area contributed by atoms with Gasteiger partial charge in [-0.3, -0.25) is 0 Å². The first kappa shape index (κ1) is 17.2. The Kier molecular flexibility index (Phi) is 4.84. The minimum atomic E-state index is -3.81. The number of aryl methyl sites for hydroxylation is 1. The van der Waals surface area contributed by atoms with E-state index in [-0.39, 0.29) is 9.80 Å². The van der Waals surface area contributed by atoms with Gasteiger partial charge in [0, 0.05) is 9.75 Å². The summed E-state index contributed by atoms with van der Waals surface area (Å²) in [6.07, 6.45) is 1.44. The number of rotatable bonds is 4. The Hall–Kier alpha value is -2.68. The molecule has 0 saturated carbocycles. The van der Waals surface area contributed by atoms with Crippen molar-refractivity contribution in [1.29, 1.82) is 5.26 Å². The lowest BCUT2D eigenvalue weighted by molar-refractivity contribution is 0.603. The van der Waals surface area contributed by atoms with Crippen LogP contribution in [0.25, 0.3) is 16.5 Å². The predicted octanol–water partition coefficient (Wildman–Crippen LogP) is 5.06. The van der Waals surface area contributed by atoms with Crippen molar-refractivity contribution in [3.63, 3.8) is 0 Å². The summed E-state index contributed by atoms with van der Waals surface area (Å²) in [4.78, 5) is 1.63. The smallest absolute Gasteiger partial charge is 0.216 e. The molecule has 0 N–H and O–H groups in total. The van der Waals surface area contributed by atoms with Crippen molar-refractivity contribution >= 4 is 27.3 Å². The van der Waals surface area contributed by atoms with E-state index in [4.69, 9.17) is 0 Å². The van der Waals surface area contributed by atoms with E-state index in [1.54, 1.807) is 12.1 Å². The second kappa shape index (κ2) is 7.06. The number of benzene rings is 2. The van der Waals surface area contributed by atoms with Crippen molar-refractivity contribution in [1.82, 2.24) is 0 Å². The topological polar surface area (TPSA) is 57.9 Å². The second-order valence-corrected chi connectivity index (χ2v) is 8.54. The van der Waals surface area contributed by atoms with Gasteiger partial charge in [0.15, 0.2) is 4.91 Å². The maximum Gasteiger partial charge on any atom is 0.216 e. The standard InChI is InChI=1S/C20H15NO2S2/c1-15-7-10-18(11-8-15)25(22,23)19(14-21)13-17-9-12-20(24-17)16-5-3-2-4-6-16/h2-13H,1H3/b19-13+. The molecular weight excluding hydrogens is 350 g/mol. The first-order valence-electron chi connectivity index (χ1n) is 7.59. The van der Waals surface area contributed by atoms with Crippen LogP contribution in [0.3, 0.4) is 0 Å². The molecule has 25 heavy (non-hydrogen) atoms. The van der Waals surface area contributed by atoms with Crippen LogP contribution < -0.4 is 0 Å². The molecule has 1 heterocycles. The van der Waals surface area contributed by atoms with Gasteiger partial charge in [-0.2, -0.15) is 5.26 Å². The van der Waals surface area contributed by atoms with Crippen LogP contribution in [0.1, 0.15) is 10.4 Å². The molecule has 0 aliphatic rings. The van der Waals surface area contributed by atoms with Gasteiger partial charge in [-0.1, -0.05) is 48.0 Å². The Labute approximate surface area is 151 Å². The van der Waals surface area contributed by atoms with Crippen LogP contribution in [-0.2, 0) is 9.84 Å². The summed E-state index contributed by atoms with van der Waals surface area (Å²) in [6.45, 7) is 1.88. The van der Waals surface area contributed by atoms with E-state index in [1.807, 2.05) is 55.5 Å². The van der Waals surface area contributed by atoms with E-state index in [9.17, 15) is 13.7 Å². The molecule has 5 heteroatoms. The third-order valence-electron chi connectivity index (χ3n) is 3.69. The number of nitriles is 1. The number of thiophene rings is 1. The maximum atomic E-state index is 12.7. The molecule has 3 rings (SSSR count). The highest BCUT2D eigenvalue weighted by molar-refractivity contribution is 7.95. The van der Waals surface area contributed by atoms with E-state index in [0.29, 0.717) is 0 Å². The molecule has 1 aromatic heterocycles. The molecule has 0 radical (unpaired) electrons. The van der Waals surface area contributed by atoms with Crippen LogP contribution in [-0.4, -0.2) is 8.42 Å². The minimum Gasteiger partial charge on any atom is -0.218 e. The van der Waals surface area contributed by atoms with Crippen LogP contribution >= 0.6 is 11.3 Å². The molecule has 3 nitrogen and oxygen atoms in total. The molecule has 0 aliphatic heterocycles. The summed E-state index contributed by atoms with van der Waals surface area (Å²) >= 11 is 1.45. The van der Waals surface area contributed by atoms with Crippen molar-refractivity contribution in [2.75, 3.05) is 0 Å². The van der Waals surface area contributed by atoms with Crippen LogP contribution in [0.15, 0.2) is 76.5 Å². The van der Waals surface area contributed by atoms with Gasteiger partial charge in [0.2, 0.25) is 9.84 Å². The molecule has 0 bridgehead atoms. The zero-order chi connectivity index (χ0) is 17.9. The fourth-order valence-corrected chi connectivity index (χ4v) is 4.51. The highest BCUT2D eigenvalue weighted by Crippen LogP contribution is 2.30. The van der Waals surface area contributed by atoms with Gasteiger partial charge in [0.25, 0.3) is 0 Å². The van der Waals surface area contributed by atoms with E-state index in [2.05, 4.69) is 0 Å². The third-order valence-corrected chi connectivity index (χ3v) is 6.45. The lowest BCUT2D eigenvalue weighted by Crippen LogP contribution is -2.03. The van der Waals surface area contributed by atoms with Crippen LogP contribution in [0.4, 0.5) is 0 Å². The fourth-order valence-electron chi connectivity index (χ4n) is 2.33. The number of hydrogen-bond acceptors (Lipinski definition) is 4. The summed E-state index contributed by atoms with van der Waals surface area (Å²) in [6, 6.07) is 21.9. The predicted molar refractivity (Wildman–Crippen MR) is 102 cm³/mol. The lowest BCUT2D eigenvalue weighted by atomic mass is 10.2. The van der Waals surface area contributed by atoms with Gasteiger partial charge in [-0.05, 0) is 42.8 Å². The number of allylic oxidation sites excluding steroid dienone is 1. The first-order chi connectivity index (χ1) is 12.0. The molecule has 0 saturated heterocycles. The van der Waals surface area contributed by atoms with Crippen LogP contribution in [0, 0.1) is 18.3 Å². The second-order valence-electron chi connectivity index (χ2n) is 5.50. The molecule has 0 unspecified atom stereocenters. The van der Waals surface area contributed by atoms with Crippen molar-refractivity contribution in [2.45, 2.75) is 11.8 Å². The van der Waals surface area contributed by atoms with Gasteiger partial charge >= 0.3 is 0 Å². The molecular formula is C20H15NO2S2. The normalized spacial score (nSPS) is 11.9. The Bertz CT molecular complexity index is 1050. The molecule has 0 atom stereocenters. The lowest BCUT2D eigenvalue weighted by Gasteiger charge is -2.03. The van der Waals surface area contributed by atoms with Crippen LogP contribution in [0.2, 0.25) is 0 Å². The molecule has 0 aliphatic carbocycles. The average Bonchev–Trinajstić information content (AvgIpc) is 3.09. The molecule has 2 aromatic carbocycles. The van der Waals surface area contributed by atoms with Crippen molar-refractivity contribution in [3.8, 4) is 16.5 Å². The summed E-state index contributed by atoms with van der Waals surface area (Å²) < 4.78 is 25.3. The van der Waals surface area contributed by atoms with Crippen LogP contribution in [0.5, 0.6) is 0 Å². The first-order valence-corrected chi connectivity index (χ1v) is 9.89.